The zero-order valence-electron chi connectivity index (χ0n) is 14.4. The molecule has 0 saturated heterocycles. The fourth-order valence-corrected chi connectivity index (χ4v) is 2.84. The van der Waals surface area contributed by atoms with Crippen LogP contribution in [0.3, 0.4) is 0 Å². The van der Waals surface area contributed by atoms with Crippen LogP contribution in [0.1, 0.15) is 31.9 Å². The van der Waals surface area contributed by atoms with Crippen molar-refractivity contribution in [1.82, 2.24) is 0 Å². The van der Waals surface area contributed by atoms with Crippen LogP contribution >= 0.6 is 0 Å². The van der Waals surface area contributed by atoms with Crippen molar-refractivity contribution in [3.8, 4) is 22.4 Å². The second kappa shape index (κ2) is 6.00. The topological polar surface area (TPSA) is 14.1 Å². The summed E-state index contributed by atoms with van der Waals surface area (Å²) in [5, 5.41) is 0. The van der Waals surface area contributed by atoms with Gasteiger partial charge in [-0.05, 0) is 46.7 Å². The Labute approximate surface area is 139 Å². The molecule has 0 bridgehead atoms. The van der Waals surface area contributed by atoms with E-state index in [1.54, 1.807) is 0 Å². The summed E-state index contributed by atoms with van der Waals surface area (Å²) in [6.07, 6.45) is 2.04. The normalized spacial score (nSPS) is 11.5. The molecule has 23 heavy (non-hydrogen) atoms. The molecule has 3 rings (SSSR count). The van der Waals surface area contributed by atoms with E-state index in [9.17, 15) is 0 Å². The van der Waals surface area contributed by atoms with Gasteiger partial charge < -0.3 is 0 Å². The van der Waals surface area contributed by atoms with Gasteiger partial charge >= 0.3 is 0 Å². The van der Waals surface area contributed by atoms with Crippen LogP contribution in [0.5, 0.6) is 0 Å². The molecule has 0 aliphatic heterocycles. The van der Waals surface area contributed by atoms with Crippen molar-refractivity contribution >= 4 is 0 Å². The SMILES string of the molecule is Cc1cc(-c2ccccc2)cc(-c2cc(C(C)(C)C)cc[nH+]2)c1. The Morgan fingerprint density at radius 2 is 1.43 bits per heavy atom. The predicted octanol–water partition coefficient (Wildman–Crippen LogP) is 5.44. The van der Waals surface area contributed by atoms with Crippen molar-refractivity contribution in [3.05, 3.63) is 78.0 Å². The average molecular weight is 302 g/mol. The predicted molar refractivity (Wildman–Crippen MR) is 97.3 cm³/mol. The largest absolute Gasteiger partial charge is 0.211 e. The maximum absolute atomic E-state index is 3.40. The Morgan fingerprint density at radius 3 is 2.13 bits per heavy atom. The minimum atomic E-state index is 0.149. The lowest BCUT2D eigenvalue weighted by Gasteiger charge is -2.18. The molecule has 0 saturated carbocycles. The Kier molecular flexibility index (Phi) is 4.04. The summed E-state index contributed by atoms with van der Waals surface area (Å²) < 4.78 is 0. The van der Waals surface area contributed by atoms with Crippen molar-refractivity contribution in [2.24, 2.45) is 0 Å². The minimum absolute atomic E-state index is 0.149. The van der Waals surface area contributed by atoms with E-state index in [2.05, 4.69) is 93.3 Å². The molecule has 0 atom stereocenters. The molecule has 3 aromatic rings. The van der Waals surface area contributed by atoms with E-state index in [0.29, 0.717) is 0 Å². The van der Waals surface area contributed by atoms with Crippen molar-refractivity contribution < 1.29 is 4.98 Å². The highest BCUT2D eigenvalue weighted by molar-refractivity contribution is 5.71. The first-order valence-electron chi connectivity index (χ1n) is 8.13. The Bertz CT molecular complexity index is 811. The second-order valence-corrected chi connectivity index (χ2v) is 7.19. The maximum atomic E-state index is 3.40. The van der Waals surface area contributed by atoms with Crippen molar-refractivity contribution in [1.29, 1.82) is 0 Å². The summed E-state index contributed by atoms with van der Waals surface area (Å²) in [6.45, 7) is 8.90. The number of aryl methyl sites for hydroxylation is 1. The molecule has 2 aromatic carbocycles. The number of aromatic nitrogens is 1. The molecule has 0 aliphatic carbocycles. The van der Waals surface area contributed by atoms with Gasteiger partial charge in [-0.15, -0.1) is 0 Å². The summed E-state index contributed by atoms with van der Waals surface area (Å²) in [4.78, 5) is 3.40. The lowest BCUT2D eigenvalue weighted by Crippen LogP contribution is -2.15. The molecule has 1 heteroatoms. The summed E-state index contributed by atoms with van der Waals surface area (Å²) in [5.74, 6) is 0. The molecule has 1 heterocycles. The van der Waals surface area contributed by atoms with Crippen LogP contribution < -0.4 is 4.98 Å². The van der Waals surface area contributed by atoms with Gasteiger partial charge in [0.25, 0.3) is 0 Å². The number of rotatable bonds is 2. The zero-order chi connectivity index (χ0) is 16.4. The molecule has 1 nitrogen and oxygen atoms in total. The summed E-state index contributed by atoms with van der Waals surface area (Å²) in [7, 11) is 0. The molecule has 0 radical (unpaired) electrons. The Morgan fingerprint density at radius 1 is 0.739 bits per heavy atom. The number of nitrogens with one attached hydrogen (secondary N) is 1. The highest BCUT2D eigenvalue weighted by atomic mass is 14.7. The van der Waals surface area contributed by atoms with Gasteiger partial charge in [-0.3, -0.25) is 0 Å². The highest BCUT2D eigenvalue weighted by Gasteiger charge is 2.17. The van der Waals surface area contributed by atoms with Gasteiger partial charge in [0, 0.05) is 17.7 Å². The van der Waals surface area contributed by atoms with Gasteiger partial charge in [0.2, 0.25) is 5.69 Å². The van der Waals surface area contributed by atoms with Crippen LogP contribution in [-0.4, -0.2) is 0 Å². The van der Waals surface area contributed by atoms with Crippen LogP contribution in [0.2, 0.25) is 0 Å². The fraction of sp³-hybridized carbons (Fsp3) is 0.227. The summed E-state index contributed by atoms with van der Waals surface area (Å²) in [6, 6.07) is 21.7. The van der Waals surface area contributed by atoms with E-state index in [0.717, 1.165) is 0 Å². The maximum Gasteiger partial charge on any atom is 0.211 e. The van der Waals surface area contributed by atoms with Crippen LogP contribution in [0.15, 0.2) is 66.9 Å². The third-order valence-electron chi connectivity index (χ3n) is 4.16. The lowest BCUT2D eigenvalue weighted by molar-refractivity contribution is -0.364. The van der Waals surface area contributed by atoms with E-state index in [4.69, 9.17) is 0 Å². The molecule has 0 amide bonds. The quantitative estimate of drug-likeness (QED) is 0.598. The third-order valence-corrected chi connectivity index (χ3v) is 4.16. The molecule has 1 aromatic heterocycles. The number of aromatic amines is 1. The fourth-order valence-electron chi connectivity index (χ4n) is 2.84. The number of pyridine rings is 1. The van der Waals surface area contributed by atoms with Crippen molar-refractivity contribution in [2.45, 2.75) is 33.1 Å². The lowest BCUT2D eigenvalue weighted by atomic mass is 9.86. The number of hydrogen-bond acceptors (Lipinski definition) is 0. The van der Waals surface area contributed by atoms with Gasteiger partial charge in [0.1, 0.15) is 0 Å². The third kappa shape index (κ3) is 3.50. The van der Waals surface area contributed by atoms with Gasteiger partial charge in [0.05, 0.1) is 0 Å². The van der Waals surface area contributed by atoms with Crippen molar-refractivity contribution in [2.75, 3.05) is 0 Å². The molecular weight excluding hydrogens is 278 g/mol. The molecule has 0 fully saturated rings. The first-order valence-corrected chi connectivity index (χ1v) is 8.13. The molecule has 1 N–H and O–H groups in total. The van der Waals surface area contributed by atoms with Crippen molar-refractivity contribution in [3.63, 3.8) is 0 Å². The number of benzene rings is 2. The van der Waals surface area contributed by atoms with E-state index in [1.807, 2.05) is 6.20 Å². The van der Waals surface area contributed by atoms with Gasteiger partial charge in [-0.1, -0.05) is 57.2 Å². The molecule has 0 spiro atoms. The smallest absolute Gasteiger partial charge is 0.211 e. The first-order chi connectivity index (χ1) is 10.9. The Balaban J connectivity index is 2.09. The van der Waals surface area contributed by atoms with E-state index < -0.39 is 0 Å². The molecule has 0 unspecified atom stereocenters. The minimum Gasteiger partial charge on any atom is -0.211 e. The van der Waals surface area contributed by atoms with Crippen LogP contribution in [-0.2, 0) is 5.41 Å². The summed E-state index contributed by atoms with van der Waals surface area (Å²) in [5.41, 5.74) is 7.67. The highest BCUT2D eigenvalue weighted by Crippen LogP contribution is 2.28. The van der Waals surface area contributed by atoms with Gasteiger partial charge in [-0.25, -0.2) is 4.98 Å². The number of hydrogen-bond donors (Lipinski definition) is 0. The van der Waals surface area contributed by atoms with Gasteiger partial charge in [-0.2, -0.15) is 0 Å². The standard InChI is InChI=1S/C22H23N/c1-16-12-18(17-8-6-5-7-9-17)14-19(13-16)21-15-20(10-11-23-21)22(2,3)4/h5-15H,1-4H3/p+1. The molecule has 116 valence electrons. The average Bonchev–Trinajstić information content (AvgIpc) is 2.54. The van der Waals surface area contributed by atoms with Crippen LogP contribution in [0.25, 0.3) is 22.4 Å². The Hall–Kier alpha value is -2.41. The van der Waals surface area contributed by atoms with E-state index in [-0.39, 0.29) is 5.41 Å². The molecule has 0 aliphatic rings. The second-order valence-electron chi connectivity index (χ2n) is 7.19. The first kappa shape index (κ1) is 15.5. The number of H-pyrrole nitrogens is 1. The zero-order valence-corrected chi connectivity index (χ0v) is 14.4. The van der Waals surface area contributed by atoms with Crippen LogP contribution in [0, 0.1) is 6.92 Å². The van der Waals surface area contributed by atoms with E-state index >= 15 is 0 Å². The molecular formula is C22H24N+. The van der Waals surface area contributed by atoms with Crippen LogP contribution in [0.4, 0.5) is 0 Å². The summed E-state index contributed by atoms with van der Waals surface area (Å²) >= 11 is 0. The van der Waals surface area contributed by atoms with Gasteiger partial charge in [0.15, 0.2) is 6.20 Å². The monoisotopic (exact) mass is 302 g/mol. The van der Waals surface area contributed by atoms with E-state index in [1.165, 1.54) is 33.5 Å².